The van der Waals surface area contributed by atoms with Crippen LogP contribution in [0.25, 0.3) is 0 Å². The van der Waals surface area contributed by atoms with E-state index in [-0.39, 0.29) is 0 Å². The van der Waals surface area contributed by atoms with E-state index in [1.165, 1.54) is 25.7 Å². The summed E-state index contributed by atoms with van der Waals surface area (Å²) in [7, 11) is 0. The topological polar surface area (TPSA) is 32.3 Å². The van der Waals surface area contributed by atoms with Crippen LogP contribution in [-0.4, -0.2) is 35.0 Å². The molecular weight excluding hydrogens is 200 g/mol. The minimum atomic E-state index is 0.427. The third-order valence-corrected chi connectivity index (χ3v) is 4.52. The van der Waals surface area contributed by atoms with Crippen molar-refractivity contribution in [1.29, 1.82) is 0 Å². The first-order valence-corrected chi connectivity index (χ1v) is 6.85. The molecule has 0 aromatic carbocycles. The van der Waals surface area contributed by atoms with Crippen molar-refractivity contribution in [2.75, 3.05) is 0 Å². The molecule has 0 aromatic rings. The molecule has 90 valence electrons. The van der Waals surface area contributed by atoms with Crippen molar-refractivity contribution in [2.45, 2.75) is 76.0 Å². The standard InChI is InChI=1S/C13H22N2O/c1-2-3-4-13(16)15-11-5-9-6-12(15)8-10(7-11)14-9/h9-12,14H,2-8H2,1H3. The highest BCUT2D eigenvalue weighted by Crippen LogP contribution is 2.39. The highest BCUT2D eigenvalue weighted by atomic mass is 16.2. The van der Waals surface area contributed by atoms with Crippen LogP contribution in [0, 0.1) is 0 Å². The van der Waals surface area contributed by atoms with Crippen molar-refractivity contribution in [3.05, 3.63) is 0 Å². The smallest absolute Gasteiger partial charge is 0.223 e. The third-order valence-electron chi connectivity index (χ3n) is 4.52. The summed E-state index contributed by atoms with van der Waals surface area (Å²) >= 11 is 0. The summed E-state index contributed by atoms with van der Waals surface area (Å²) < 4.78 is 0. The molecule has 16 heavy (non-hydrogen) atoms. The lowest BCUT2D eigenvalue weighted by Crippen LogP contribution is -2.68. The Morgan fingerprint density at radius 2 is 1.75 bits per heavy atom. The van der Waals surface area contributed by atoms with Crippen LogP contribution in [-0.2, 0) is 4.79 Å². The highest BCUT2D eigenvalue weighted by Gasteiger charge is 2.47. The second-order valence-corrected chi connectivity index (χ2v) is 5.72. The molecule has 1 amide bonds. The van der Waals surface area contributed by atoms with E-state index in [1.807, 2.05) is 0 Å². The zero-order valence-electron chi connectivity index (χ0n) is 10.1. The predicted molar refractivity (Wildman–Crippen MR) is 63.1 cm³/mol. The van der Waals surface area contributed by atoms with E-state index in [4.69, 9.17) is 0 Å². The quantitative estimate of drug-likeness (QED) is 0.788. The number of nitrogens with zero attached hydrogens (tertiary/aromatic N) is 1. The number of rotatable bonds is 3. The summed E-state index contributed by atoms with van der Waals surface area (Å²) in [5, 5.41) is 3.68. The Hall–Kier alpha value is -0.570. The summed E-state index contributed by atoms with van der Waals surface area (Å²) in [5.41, 5.74) is 0. The molecule has 4 saturated heterocycles. The number of carbonyl (C=O) groups is 1. The Kier molecular flexibility index (Phi) is 2.66. The molecule has 4 aliphatic heterocycles. The van der Waals surface area contributed by atoms with Gasteiger partial charge < -0.3 is 10.2 Å². The van der Waals surface area contributed by atoms with Gasteiger partial charge in [-0.1, -0.05) is 13.3 Å². The van der Waals surface area contributed by atoms with Gasteiger partial charge in [-0.25, -0.2) is 0 Å². The molecule has 1 N–H and O–H groups in total. The van der Waals surface area contributed by atoms with Crippen LogP contribution < -0.4 is 5.32 Å². The zero-order chi connectivity index (χ0) is 11.1. The summed E-state index contributed by atoms with van der Waals surface area (Å²) in [6.45, 7) is 2.16. The van der Waals surface area contributed by atoms with Crippen LogP contribution >= 0.6 is 0 Å². The molecule has 4 fully saturated rings. The molecule has 0 unspecified atom stereocenters. The first-order valence-electron chi connectivity index (χ1n) is 6.85. The Balaban J connectivity index is 1.69. The number of hydrogen-bond donors (Lipinski definition) is 1. The summed E-state index contributed by atoms with van der Waals surface area (Å²) in [6.07, 6.45) is 7.75. The summed E-state index contributed by atoms with van der Waals surface area (Å²) in [5.74, 6) is 0.427. The zero-order valence-corrected chi connectivity index (χ0v) is 10.1. The number of piperidine rings is 4. The Labute approximate surface area is 97.6 Å². The number of nitrogens with one attached hydrogen (secondary N) is 1. The van der Waals surface area contributed by atoms with E-state index < -0.39 is 0 Å². The first-order chi connectivity index (χ1) is 7.78. The molecule has 4 heterocycles. The maximum Gasteiger partial charge on any atom is 0.223 e. The van der Waals surface area contributed by atoms with Crippen LogP contribution in [0.4, 0.5) is 0 Å². The van der Waals surface area contributed by atoms with Gasteiger partial charge in [-0.05, 0) is 32.1 Å². The van der Waals surface area contributed by atoms with Crippen LogP contribution in [0.1, 0.15) is 51.9 Å². The second-order valence-electron chi connectivity index (χ2n) is 5.72. The van der Waals surface area contributed by atoms with E-state index in [0.717, 1.165) is 19.3 Å². The normalized spacial score (nSPS) is 40.4. The molecule has 0 aromatic heterocycles. The fourth-order valence-electron chi connectivity index (χ4n) is 3.92. The second kappa shape index (κ2) is 4.02. The van der Waals surface area contributed by atoms with Crippen molar-refractivity contribution in [3.8, 4) is 0 Å². The van der Waals surface area contributed by atoms with E-state index >= 15 is 0 Å². The minimum Gasteiger partial charge on any atom is -0.336 e. The molecule has 0 saturated carbocycles. The van der Waals surface area contributed by atoms with Crippen molar-refractivity contribution >= 4 is 5.91 Å². The van der Waals surface area contributed by atoms with Gasteiger partial charge in [0, 0.05) is 30.6 Å². The number of unbranched alkanes of at least 4 members (excludes halogenated alkanes) is 1. The maximum absolute atomic E-state index is 12.2. The van der Waals surface area contributed by atoms with Crippen molar-refractivity contribution in [1.82, 2.24) is 10.2 Å². The van der Waals surface area contributed by atoms with E-state index in [1.54, 1.807) is 0 Å². The minimum absolute atomic E-state index is 0.427. The highest BCUT2D eigenvalue weighted by molar-refractivity contribution is 5.77. The predicted octanol–water partition coefficient (Wildman–Crippen LogP) is 1.67. The Morgan fingerprint density at radius 1 is 1.19 bits per heavy atom. The number of hydrogen-bond acceptors (Lipinski definition) is 2. The van der Waals surface area contributed by atoms with Crippen molar-refractivity contribution in [3.63, 3.8) is 0 Å². The van der Waals surface area contributed by atoms with Gasteiger partial charge in [-0.2, -0.15) is 0 Å². The van der Waals surface area contributed by atoms with Gasteiger partial charge in [0.15, 0.2) is 0 Å². The molecule has 3 heteroatoms. The molecular formula is C13H22N2O. The molecule has 0 spiro atoms. The van der Waals surface area contributed by atoms with E-state index in [0.29, 0.717) is 30.1 Å². The van der Waals surface area contributed by atoms with E-state index in [2.05, 4.69) is 17.1 Å². The number of carbonyl (C=O) groups excluding carboxylic acids is 1. The Morgan fingerprint density at radius 3 is 2.25 bits per heavy atom. The average molecular weight is 222 g/mol. The molecule has 3 nitrogen and oxygen atoms in total. The summed E-state index contributed by atoms with van der Waals surface area (Å²) in [4.78, 5) is 14.5. The lowest BCUT2D eigenvalue weighted by Gasteiger charge is -2.57. The fraction of sp³-hybridized carbons (Fsp3) is 0.923. The summed E-state index contributed by atoms with van der Waals surface area (Å²) in [6, 6.07) is 2.54. The van der Waals surface area contributed by atoms with Crippen molar-refractivity contribution < 1.29 is 4.79 Å². The monoisotopic (exact) mass is 222 g/mol. The van der Waals surface area contributed by atoms with Gasteiger partial charge in [-0.3, -0.25) is 4.79 Å². The SMILES string of the molecule is CCCCC(=O)N1C2CC3CC1CC(C2)N3. The third kappa shape index (κ3) is 1.65. The van der Waals surface area contributed by atoms with Gasteiger partial charge in [0.05, 0.1) is 0 Å². The van der Waals surface area contributed by atoms with Gasteiger partial charge in [-0.15, -0.1) is 0 Å². The van der Waals surface area contributed by atoms with Gasteiger partial charge in [0.25, 0.3) is 0 Å². The molecule has 4 rings (SSSR count). The van der Waals surface area contributed by atoms with Crippen LogP contribution in [0.3, 0.4) is 0 Å². The maximum atomic E-state index is 12.2. The lowest BCUT2D eigenvalue weighted by molar-refractivity contribution is -0.145. The molecule has 0 radical (unpaired) electrons. The van der Waals surface area contributed by atoms with Crippen LogP contribution in [0.15, 0.2) is 0 Å². The van der Waals surface area contributed by atoms with Crippen LogP contribution in [0.2, 0.25) is 0 Å². The molecule has 4 bridgehead atoms. The Bertz CT molecular complexity index is 262. The van der Waals surface area contributed by atoms with Gasteiger partial charge in [0.2, 0.25) is 5.91 Å². The fourth-order valence-corrected chi connectivity index (χ4v) is 3.92. The van der Waals surface area contributed by atoms with Gasteiger partial charge in [0.1, 0.15) is 0 Å². The number of amides is 1. The first kappa shape index (κ1) is 10.6. The van der Waals surface area contributed by atoms with E-state index in [9.17, 15) is 4.79 Å². The lowest BCUT2D eigenvalue weighted by atomic mass is 9.74. The molecule has 0 atom stereocenters. The largest absolute Gasteiger partial charge is 0.336 e. The van der Waals surface area contributed by atoms with Crippen molar-refractivity contribution in [2.24, 2.45) is 0 Å². The van der Waals surface area contributed by atoms with Gasteiger partial charge >= 0.3 is 0 Å². The van der Waals surface area contributed by atoms with Crippen LogP contribution in [0.5, 0.6) is 0 Å². The molecule has 4 aliphatic rings. The average Bonchev–Trinajstić information content (AvgIpc) is 2.24. The molecule has 0 aliphatic carbocycles.